The molecule has 6 heteroatoms. The number of nitrogens with zero attached hydrogens (tertiary/aromatic N) is 2. The highest BCUT2D eigenvalue weighted by Crippen LogP contribution is 2.17. The largest absolute Gasteiger partial charge is 0.494 e. The summed E-state index contributed by atoms with van der Waals surface area (Å²) in [6, 6.07) is 4.56. The Balaban J connectivity index is 1.75. The molecule has 1 saturated heterocycles. The first-order valence-electron chi connectivity index (χ1n) is 8.53. The summed E-state index contributed by atoms with van der Waals surface area (Å²) in [4.78, 5) is 16.3. The van der Waals surface area contributed by atoms with Gasteiger partial charge in [-0.3, -0.25) is 0 Å². The van der Waals surface area contributed by atoms with Gasteiger partial charge in [0.25, 0.3) is 0 Å². The van der Waals surface area contributed by atoms with Crippen LogP contribution in [0.4, 0.5) is 9.18 Å². The molecule has 1 aromatic rings. The maximum atomic E-state index is 13.6. The number of carbonyl (C=O) groups excluding carboxylic acids is 1. The average Bonchev–Trinajstić information content (AvgIpc) is 3.05. The lowest BCUT2D eigenvalue weighted by Crippen LogP contribution is -2.41. The van der Waals surface area contributed by atoms with Crippen molar-refractivity contribution in [3.8, 4) is 5.75 Å². The second-order valence-corrected chi connectivity index (χ2v) is 6.62. The van der Waals surface area contributed by atoms with Crippen LogP contribution in [-0.2, 0) is 6.54 Å². The van der Waals surface area contributed by atoms with Crippen LogP contribution in [0.5, 0.6) is 5.75 Å². The summed E-state index contributed by atoms with van der Waals surface area (Å²) < 4.78 is 18.5. The Morgan fingerprint density at radius 2 is 2.12 bits per heavy atom. The number of hydrogen-bond acceptors (Lipinski definition) is 3. The fourth-order valence-corrected chi connectivity index (χ4v) is 3.15. The van der Waals surface area contributed by atoms with Crippen LogP contribution in [0.25, 0.3) is 0 Å². The van der Waals surface area contributed by atoms with E-state index in [0.29, 0.717) is 24.6 Å². The first-order valence-corrected chi connectivity index (χ1v) is 8.53. The number of carbonyl (C=O) groups is 1. The van der Waals surface area contributed by atoms with E-state index in [1.165, 1.54) is 39.1 Å². The fourth-order valence-electron chi connectivity index (χ4n) is 3.15. The SMILES string of the molecule is COc1ccc(CNC(=O)N(C)C[C@H](C)CN2CCCC2)cc1F. The monoisotopic (exact) mass is 337 g/mol. The minimum absolute atomic E-state index is 0.139. The number of amides is 2. The molecule has 1 aromatic carbocycles. The van der Waals surface area contributed by atoms with Crippen LogP contribution in [-0.4, -0.2) is 56.2 Å². The van der Waals surface area contributed by atoms with Gasteiger partial charge in [0.15, 0.2) is 11.6 Å². The van der Waals surface area contributed by atoms with E-state index in [4.69, 9.17) is 4.74 Å². The Kier molecular flexibility index (Phi) is 6.85. The van der Waals surface area contributed by atoms with E-state index < -0.39 is 5.82 Å². The molecule has 24 heavy (non-hydrogen) atoms. The lowest BCUT2D eigenvalue weighted by molar-refractivity contribution is 0.192. The standard InChI is InChI=1S/C18H28FN3O2/c1-14(13-22-8-4-5-9-22)12-21(2)18(23)20-11-15-6-7-17(24-3)16(19)10-15/h6-7,10,14H,4-5,8-9,11-13H2,1-3H3,(H,20,23)/t14-/m0/s1. The summed E-state index contributed by atoms with van der Waals surface area (Å²) in [6.07, 6.45) is 2.56. The summed E-state index contributed by atoms with van der Waals surface area (Å²) in [5.74, 6) is 0.215. The van der Waals surface area contributed by atoms with Crippen LogP contribution < -0.4 is 10.1 Å². The number of benzene rings is 1. The maximum absolute atomic E-state index is 13.6. The topological polar surface area (TPSA) is 44.8 Å². The zero-order chi connectivity index (χ0) is 17.5. The lowest BCUT2D eigenvalue weighted by atomic mass is 10.1. The molecule has 0 radical (unpaired) electrons. The van der Waals surface area contributed by atoms with E-state index in [1.54, 1.807) is 24.1 Å². The number of ether oxygens (including phenoxy) is 1. The minimum atomic E-state index is -0.420. The Bertz CT molecular complexity index is 547. The molecular weight excluding hydrogens is 309 g/mol. The predicted octanol–water partition coefficient (Wildman–Crippen LogP) is 2.71. The highest BCUT2D eigenvalue weighted by atomic mass is 19.1. The van der Waals surface area contributed by atoms with Crippen LogP contribution in [0.3, 0.4) is 0 Å². The molecule has 2 amide bonds. The number of halogens is 1. The third kappa shape index (κ3) is 5.37. The van der Waals surface area contributed by atoms with Gasteiger partial charge in [0.1, 0.15) is 0 Å². The van der Waals surface area contributed by atoms with Gasteiger partial charge in [0.05, 0.1) is 7.11 Å². The molecule has 0 spiro atoms. The Morgan fingerprint density at radius 1 is 1.42 bits per heavy atom. The number of rotatable bonds is 7. The molecule has 0 aromatic heterocycles. The molecule has 1 fully saturated rings. The van der Waals surface area contributed by atoms with Crippen molar-refractivity contribution in [1.82, 2.24) is 15.1 Å². The van der Waals surface area contributed by atoms with Gasteiger partial charge in [0.2, 0.25) is 0 Å². The number of hydrogen-bond donors (Lipinski definition) is 1. The molecule has 1 N–H and O–H groups in total. The number of likely N-dealkylation sites (tertiary alicyclic amines) is 1. The third-order valence-electron chi connectivity index (χ3n) is 4.36. The molecule has 2 rings (SSSR count). The van der Waals surface area contributed by atoms with Crippen molar-refractivity contribution < 1.29 is 13.9 Å². The van der Waals surface area contributed by atoms with Crippen molar-refractivity contribution in [2.45, 2.75) is 26.3 Å². The summed E-state index contributed by atoms with van der Waals surface area (Å²) in [5, 5.41) is 2.83. The zero-order valence-electron chi connectivity index (χ0n) is 14.8. The summed E-state index contributed by atoms with van der Waals surface area (Å²) in [7, 11) is 3.22. The van der Waals surface area contributed by atoms with Gasteiger partial charge in [-0.05, 0) is 49.5 Å². The lowest BCUT2D eigenvalue weighted by Gasteiger charge is -2.25. The van der Waals surface area contributed by atoms with Crippen molar-refractivity contribution in [2.75, 3.05) is 40.3 Å². The fraction of sp³-hybridized carbons (Fsp3) is 0.611. The van der Waals surface area contributed by atoms with Gasteiger partial charge in [-0.2, -0.15) is 0 Å². The molecule has 134 valence electrons. The first-order chi connectivity index (χ1) is 11.5. The number of nitrogens with one attached hydrogen (secondary N) is 1. The van der Waals surface area contributed by atoms with E-state index in [-0.39, 0.29) is 11.8 Å². The molecule has 5 nitrogen and oxygen atoms in total. The van der Waals surface area contributed by atoms with Gasteiger partial charge >= 0.3 is 6.03 Å². The van der Waals surface area contributed by atoms with Crippen LogP contribution in [0.15, 0.2) is 18.2 Å². The van der Waals surface area contributed by atoms with Crippen molar-refractivity contribution in [1.29, 1.82) is 0 Å². The summed E-state index contributed by atoms with van der Waals surface area (Å²) >= 11 is 0. The highest BCUT2D eigenvalue weighted by molar-refractivity contribution is 5.73. The van der Waals surface area contributed by atoms with Gasteiger partial charge in [-0.15, -0.1) is 0 Å². The normalized spacial score (nSPS) is 16.0. The van der Waals surface area contributed by atoms with Crippen molar-refractivity contribution in [2.24, 2.45) is 5.92 Å². The summed E-state index contributed by atoms with van der Waals surface area (Å²) in [5.41, 5.74) is 0.708. The van der Waals surface area contributed by atoms with Gasteiger partial charge in [0, 0.05) is 26.7 Å². The zero-order valence-corrected chi connectivity index (χ0v) is 14.8. The number of urea groups is 1. The highest BCUT2D eigenvalue weighted by Gasteiger charge is 2.17. The molecule has 0 saturated carbocycles. The van der Waals surface area contributed by atoms with Gasteiger partial charge in [-0.25, -0.2) is 9.18 Å². The van der Waals surface area contributed by atoms with E-state index >= 15 is 0 Å². The molecule has 1 heterocycles. The van der Waals surface area contributed by atoms with E-state index in [0.717, 1.165) is 6.54 Å². The number of methoxy groups -OCH3 is 1. The van der Waals surface area contributed by atoms with Crippen LogP contribution in [0, 0.1) is 11.7 Å². The van der Waals surface area contributed by atoms with Crippen LogP contribution in [0.1, 0.15) is 25.3 Å². The van der Waals surface area contributed by atoms with Crippen molar-refractivity contribution in [3.63, 3.8) is 0 Å². The van der Waals surface area contributed by atoms with Gasteiger partial charge < -0.3 is 19.9 Å². The van der Waals surface area contributed by atoms with Gasteiger partial charge in [-0.1, -0.05) is 13.0 Å². The second kappa shape index (κ2) is 8.87. The van der Waals surface area contributed by atoms with E-state index in [1.807, 2.05) is 0 Å². The molecule has 0 unspecified atom stereocenters. The molecule has 0 aliphatic carbocycles. The quantitative estimate of drug-likeness (QED) is 0.832. The van der Waals surface area contributed by atoms with E-state index in [2.05, 4.69) is 17.1 Å². The smallest absolute Gasteiger partial charge is 0.317 e. The van der Waals surface area contributed by atoms with Crippen LogP contribution in [0.2, 0.25) is 0 Å². The molecular formula is C18H28FN3O2. The molecule has 1 aliphatic heterocycles. The first kappa shape index (κ1) is 18.5. The molecule has 0 bridgehead atoms. The Morgan fingerprint density at radius 3 is 2.75 bits per heavy atom. The van der Waals surface area contributed by atoms with E-state index in [9.17, 15) is 9.18 Å². The minimum Gasteiger partial charge on any atom is -0.494 e. The predicted molar refractivity (Wildman–Crippen MR) is 92.7 cm³/mol. The average molecular weight is 337 g/mol. The Hall–Kier alpha value is -1.82. The molecule has 1 atom stereocenters. The maximum Gasteiger partial charge on any atom is 0.317 e. The van der Waals surface area contributed by atoms with Crippen molar-refractivity contribution >= 4 is 6.03 Å². The van der Waals surface area contributed by atoms with Crippen molar-refractivity contribution in [3.05, 3.63) is 29.6 Å². The third-order valence-corrected chi connectivity index (χ3v) is 4.36. The van der Waals surface area contributed by atoms with Crippen LogP contribution >= 0.6 is 0 Å². The molecule has 1 aliphatic rings. The second-order valence-electron chi connectivity index (χ2n) is 6.62. The summed E-state index contributed by atoms with van der Waals surface area (Å²) in [6.45, 7) is 6.54. The Labute approximate surface area is 143 Å².